The Kier molecular flexibility index (Phi) is 4.27. The Hall–Kier alpha value is -2.11. The van der Waals surface area contributed by atoms with Crippen molar-refractivity contribution in [2.24, 2.45) is 0 Å². The molecule has 1 aliphatic heterocycles. The molecule has 22 heavy (non-hydrogen) atoms. The monoisotopic (exact) mass is 301 g/mol. The Balaban J connectivity index is 1.74. The fraction of sp³-hybridized carbons (Fsp3) is 0.562. The minimum Gasteiger partial charge on any atom is -0.337 e. The molecular formula is C16H23N5O. The molecule has 0 spiro atoms. The number of carbonyl (C=O) groups excluding carboxylic acids is 1. The van der Waals surface area contributed by atoms with Crippen LogP contribution in [-0.4, -0.2) is 43.2 Å². The Bertz CT molecular complexity index is 645. The van der Waals surface area contributed by atoms with Gasteiger partial charge in [-0.15, -0.1) is 0 Å². The Morgan fingerprint density at radius 2 is 2.18 bits per heavy atom. The normalized spacial score (nSPS) is 18.6. The summed E-state index contributed by atoms with van der Waals surface area (Å²) in [6.07, 6.45) is 7.83. The van der Waals surface area contributed by atoms with E-state index in [0.29, 0.717) is 11.6 Å². The fourth-order valence-corrected chi connectivity index (χ4v) is 3.13. The van der Waals surface area contributed by atoms with Crippen LogP contribution in [0.3, 0.4) is 0 Å². The van der Waals surface area contributed by atoms with Crippen LogP contribution < -0.4 is 0 Å². The second-order valence-electron chi connectivity index (χ2n) is 5.72. The number of likely N-dealkylation sites (tertiary alicyclic amines) is 1. The van der Waals surface area contributed by atoms with E-state index in [2.05, 4.69) is 21.6 Å². The number of hydrogen-bond acceptors (Lipinski definition) is 3. The lowest BCUT2D eigenvalue weighted by molar-refractivity contribution is 0.0696. The van der Waals surface area contributed by atoms with Crippen LogP contribution >= 0.6 is 0 Å². The lowest BCUT2D eigenvalue weighted by Crippen LogP contribution is -2.40. The molecule has 6 nitrogen and oxygen atoms in total. The quantitative estimate of drug-likeness (QED) is 0.869. The second-order valence-corrected chi connectivity index (χ2v) is 5.72. The Morgan fingerprint density at radius 1 is 1.32 bits per heavy atom. The predicted molar refractivity (Wildman–Crippen MR) is 83.7 cm³/mol. The summed E-state index contributed by atoms with van der Waals surface area (Å²) in [4.78, 5) is 19.0. The molecule has 1 fully saturated rings. The van der Waals surface area contributed by atoms with Crippen LogP contribution in [0, 0.1) is 0 Å². The summed E-state index contributed by atoms with van der Waals surface area (Å²) >= 11 is 0. The molecule has 0 aliphatic carbocycles. The molecule has 0 unspecified atom stereocenters. The molecule has 118 valence electrons. The molecule has 1 saturated heterocycles. The van der Waals surface area contributed by atoms with Crippen molar-refractivity contribution in [1.29, 1.82) is 0 Å². The van der Waals surface area contributed by atoms with Gasteiger partial charge in [0.15, 0.2) is 0 Å². The SMILES string of the molecule is CCn1ccc(C(=O)N2CCC[C@H](c3nccn3CC)C2)n1. The average molecular weight is 301 g/mol. The Morgan fingerprint density at radius 3 is 2.91 bits per heavy atom. The van der Waals surface area contributed by atoms with Gasteiger partial charge in [0, 0.05) is 50.7 Å². The molecule has 6 heteroatoms. The van der Waals surface area contributed by atoms with E-state index in [1.54, 1.807) is 4.68 Å². The number of nitrogens with zero attached hydrogens (tertiary/aromatic N) is 5. The van der Waals surface area contributed by atoms with Gasteiger partial charge in [0.05, 0.1) is 0 Å². The molecule has 0 N–H and O–H groups in total. The first-order valence-corrected chi connectivity index (χ1v) is 8.06. The minimum atomic E-state index is 0.0338. The standard InChI is InChI=1S/C16H23N5O/c1-3-19-11-8-17-15(19)13-6-5-9-20(12-13)16(22)14-7-10-21(4-2)18-14/h7-8,10-11,13H,3-6,9,12H2,1-2H3/t13-/m0/s1. The van der Waals surface area contributed by atoms with Gasteiger partial charge in [0.2, 0.25) is 0 Å². The molecule has 1 atom stereocenters. The van der Waals surface area contributed by atoms with Crippen LogP contribution in [0.15, 0.2) is 24.7 Å². The predicted octanol–water partition coefficient (Wildman–Crippen LogP) is 2.14. The minimum absolute atomic E-state index is 0.0338. The van der Waals surface area contributed by atoms with E-state index in [1.807, 2.05) is 36.5 Å². The van der Waals surface area contributed by atoms with E-state index >= 15 is 0 Å². The topological polar surface area (TPSA) is 56.0 Å². The van der Waals surface area contributed by atoms with E-state index < -0.39 is 0 Å². The van der Waals surface area contributed by atoms with Crippen LogP contribution in [0.5, 0.6) is 0 Å². The zero-order valence-electron chi connectivity index (χ0n) is 13.3. The lowest BCUT2D eigenvalue weighted by atomic mass is 9.97. The number of carbonyl (C=O) groups is 1. The summed E-state index contributed by atoms with van der Waals surface area (Å²) in [5.41, 5.74) is 0.543. The number of hydrogen-bond donors (Lipinski definition) is 0. The molecule has 0 saturated carbocycles. The third-order valence-electron chi connectivity index (χ3n) is 4.35. The van der Waals surface area contributed by atoms with Gasteiger partial charge in [-0.1, -0.05) is 0 Å². The van der Waals surface area contributed by atoms with Crippen molar-refractivity contribution in [2.75, 3.05) is 13.1 Å². The van der Waals surface area contributed by atoms with Gasteiger partial charge in [-0.2, -0.15) is 5.10 Å². The van der Waals surface area contributed by atoms with Gasteiger partial charge >= 0.3 is 0 Å². The van der Waals surface area contributed by atoms with E-state index in [-0.39, 0.29) is 5.91 Å². The van der Waals surface area contributed by atoms with E-state index in [9.17, 15) is 4.79 Å². The van der Waals surface area contributed by atoms with Gasteiger partial charge in [0.1, 0.15) is 11.5 Å². The largest absolute Gasteiger partial charge is 0.337 e. The summed E-state index contributed by atoms with van der Waals surface area (Å²) in [6.45, 7) is 7.37. The third kappa shape index (κ3) is 2.77. The van der Waals surface area contributed by atoms with Gasteiger partial charge < -0.3 is 9.47 Å². The van der Waals surface area contributed by atoms with Crippen molar-refractivity contribution >= 4 is 5.91 Å². The summed E-state index contributed by atoms with van der Waals surface area (Å²) in [5.74, 6) is 1.45. The van der Waals surface area contributed by atoms with Crippen LogP contribution in [-0.2, 0) is 13.1 Å². The highest BCUT2D eigenvalue weighted by molar-refractivity contribution is 5.92. The van der Waals surface area contributed by atoms with Crippen molar-refractivity contribution in [3.63, 3.8) is 0 Å². The maximum Gasteiger partial charge on any atom is 0.274 e. The average Bonchev–Trinajstić information content (AvgIpc) is 3.23. The number of aryl methyl sites for hydroxylation is 2. The van der Waals surface area contributed by atoms with Gasteiger partial charge in [0.25, 0.3) is 5.91 Å². The van der Waals surface area contributed by atoms with Crippen LogP contribution in [0.25, 0.3) is 0 Å². The highest BCUT2D eigenvalue weighted by atomic mass is 16.2. The molecule has 1 aliphatic rings. The highest BCUT2D eigenvalue weighted by Gasteiger charge is 2.28. The third-order valence-corrected chi connectivity index (χ3v) is 4.35. The van der Waals surface area contributed by atoms with Crippen molar-refractivity contribution < 1.29 is 4.79 Å². The Labute approximate surface area is 130 Å². The number of imidazole rings is 1. The van der Waals surface area contributed by atoms with Gasteiger partial charge in [-0.25, -0.2) is 4.98 Å². The molecule has 1 amide bonds. The first kappa shape index (κ1) is 14.8. The maximum atomic E-state index is 12.6. The molecule has 0 bridgehead atoms. The molecule has 3 heterocycles. The van der Waals surface area contributed by atoms with Crippen LogP contribution in [0.4, 0.5) is 0 Å². The summed E-state index contributed by atoms with van der Waals surface area (Å²) in [5, 5.41) is 4.33. The van der Waals surface area contributed by atoms with Crippen LogP contribution in [0.2, 0.25) is 0 Å². The molecular weight excluding hydrogens is 278 g/mol. The molecule has 2 aromatic heterocycles. The molecule has 3 rings (SSSR count). The van der Waals surface area contributed by atoms with Gasteiger partial charge in [-0.3, -0.25) is 9.48 Å². The maximum absolute atomic E-state index is 12.6. The van der Waals surface area contributed by atoms with Crippen molar-refractivity contribution in [3.05, 3.63) is 36.2 Å². The summed E-state index contributed by atoms with van der Waals surface area (Å²) in [7, 11) is 0. The fourth-order valence-electron chi connectivity index (χ4n) is 3.13. The number of piperidine rings is 1. The molecule has 2 aromatic rings. The first-order valence-electron chi connectivity index (χ1n) is 8.06. The van der Waals surface area contributed by atoms with Gasteiger partial charge in [-0.05, 0) is 32.8 Å². The van der Waals surface area contributed by atoms with E-state index in [4.69, 9.17) is 0 Å². The highest BCUT2D eigenvalue weighted by Crippen LogP contribution is 2.26. The number of amides is 1. The van der Waals surface area contributed by atoms with Crippen molar-refractivity contribution in [3.8, 4) is 0 Å². The second kappa shape index (κ2) is 6.34. The van der Waals surface area contributed by atoms with E-state index in [1.165, 1.54) is 0 Å². The zero-order valence-corrected chi connectivity index (χ0v) is 13.3. The van der Waals surface area contributed by atoms with E-state index in [0.717, 1.165) is 44.8 Å². The summed E-state index contributed by atoms with van der Waals surface area (Å²) < 4.78 is 3.96. The number of rotatable bonds is 4. The molecule has 0 radical (unpaired) electrons. The zero-order chi connectivity index (χ0) is 15.5. The first-order chi connectivity index (χ1) is 10.7. The number of aromatic nitrogens is 4. The van der Waals surface area contributed by atoms with Crippen molar-refractivity contribution in [1.82, 2.24) is 24.2 Å². The van der Waals surface area contributed by atoms with Crippen molar-refractivity contribution in [2.45, 2.75) is 45.7 Å². The molecule has 0 aromatic carbocycles. The smallest absolute Gasteiger partial charge is 0.274 e. The lowest BCUT2D eigenvalue weighted by Gasteiger charge is -2.32. The summed E-state index contributed by atoms with van der Waals surface area (Å²) in [6, 6.07) is 1.81. The van der Waals surface area contributed by atoms with Crippen LogP contribution in [0.1, 0.15) is 48.9 Å².